The third kappa shape index (κ3) is 3.45. The summed E-state index contributed by atoms with van der Waals surface area (Å²) in [5.74, 6) is -0.0920. The summed E-state index contributed by atoms with van der Waals surface area (Å²) in [7, 11) is 1.80. The van der Waals surface area contributed by atoms with E-state index < -0.39 is 0 Å². The van der Waals surface area contributed by atoms with Gasteiger partial charge in [-0.25, -0.2) is 0 Å². The van der Waals surface area contributed by atoms with Crippen LogP contribution in [0.2, 0.25) is 0 Å². The lowest BCUT2D eigenvalue weighted by Crippen LogP contribution is -2.24. The molecular formula is C18H21N5O2. The second kappa shape index (κ2) is 6.88. The first-order chi connectivity index (χ1) is 12.0. The van der Waals surface area contributed by atoms with E-state index in [0.29, 0.717) is 24.2 Å². The fourth-order valence-electron chi connectivity index (χ4n) is 3.09. The molecule has 7 heteroatoms. The van der Waals surface area contributed by atoms with Crippen LogP contribution in [0.15, 0.2) is 29.3 Å². The number of H-pyrrole nitrogens is 1. The lowest BCUT2D eigenvalue weighted by atomic mass is 10.0. The summed E-state index contributed by atoms with van der Waals surface area (Å²) in [4.78, 5) is 31.3. The number of hydrogen-bond donors (Lipinski definition) is 2. The summed E-state index contributed by atoms with van der Waals surface area (Å²) in [6.45, 7) is 4.26. The Morgan fingerprint density at radius 2 is 2.16 bits per heavy atom. The van der Waals surface area contributed by atoms with Gasteiger partial charge in [-0.15, -0.1) is 0 Å². The summed E-state index contributed by atoms with van der Waals surface area (Å²) in [6.07, 6.45) is 4.06. The number of fused-ring (bicyclic) bond motifs is 1. The van der Waals surface area contributed by atoms with Crippen molar-refractivity contribution in [3.8, 4) is 0 Å². The van der Waals surface area contributed by atoms with Crippen molar-refractivity contribution in [1.29, 1.82) is 0 Å². The molecule has 3 rings (SSSR count). The molecule has 3 aromatic heterocycles. The molecule has 7 nitrogen and oxygen atoms in total. The summed E-state index contributed by atoms with van der Waals surface area (Å²) in [5, 5.41) is 8.16. The maximum Gasteiger partial charge on any atom is 0.253 e. The van der Waals surface area contributed by atoms with Crippen molar-refractivity contribution >= 4 is 16.9 Å². The molecule has 0 saturated carbocycles. The Hall–Kier alpha value is -2.96. The van der Waals surface area contributed by atoms with Crippen LogP contribution in [0.4, 0.5) is 0 Å². The maximum atomic E-state index is 12.4. The topological polar surface area (TPSA) is 92.7 Å². The smallest absolute Gasteiger partial charge is 0.253 e. The van der Waals surface area contributed by atoms with Gasteiger partial charge in [-0.1, -0.05) is 6.07 Å². The molecule has 0 saturated heterocycles. The Balaban J connectivity index is 1.72. The van der Waals surface area contributed by atoms with Gasteiger partial charge in [-0.2, -0.15) is 5.10 Å². The Bertz CT molecular complexity index is 973. The molecule has 0 aromatic carbocycles. The average molecular weight is 339 g/mol. The quantitative estimate of drug-likeness (QED) is 0.737. The molecule has 0 fully saturated rings. The first-order valence-corrected chi connectivity index (χ1v) is 8.18. The predicted molar refractivity (Wildman–Crippen MR) is 95.2 cm³/mol. The van der Waals surface area contributed by atoms with E-state index in [1.54, 1.807) is 24.1 Å². The van der Waals surface area contributed by atoms with Crippen molar-refractivity contribution in [1.82, 2.24) is 25.1 Å². The third-order valence-electron chi connectivity index (χ3n) is 4.37. The molecule has 2 N–H and O–H groups in total. The van der Waals surface area contributed by atoms with Crippen molar-refractivity contribution in [2.75, 3.05) is 0 Å². The van der Waals surface area contributed by atoms with Crippen LogP contribution in [0.5, 0.6) is 0 Å². The van der Waals surface area contributed by atoms with E-state index in [9.17, 15) is 9.59 Å². The number of nitrogens with zero attached hydrogens (tertiary/aromatic N) is 3. The largest absolute Gasteiger partial charge is 0.352 e. The minimum absolute atomic E-state index is 0.0920. The normalized spacial score (nSPS) is 11.0. The number of carbonyl (C=O) groups is 1. The lowest BCUT2D eigenvalue weighted by Gasteiger charge is -2.08. The number of rotatable bonds is 5. The highest BCUT2D eigenvalue weighted by Crippen LogP contribution is 2.21. The summed E-state index contributed by atoms with van der Waals surface area (Å²) in [6, 6.07) is 3.73. The van der Waals surface area contributed by atoms with Crippen LogP contribution >= 0.6 is 0 Å². The SMILES string of the molecule is Cc1nn(C)c2[nH]c(=O)c(CCC(=O)NCc3cccnc3)c(C)c12. The molecule has 3 heterocycles. The van der Waals surface area contributed by atoms with E-state index in [0.717, 1.165) is 22.2 Å². The van der Waals surface area contributed by atoms with Gasteiger partial charge in [-0.05, 0) is 37.5 Å². The van der Waals surface area contributed by atoms with Crippen LogP contribution < -0.4 is 10.9 Å². The van der Waals surface area contributed by atoms with Crippen LogP contribution in [-0.4, -0.2) is 25.7 Å². The van der Waals surface area contributed by atoms with Crippen molar-refractivity contribution < 1.29 is 4.79 Å². The number of aromatic nitrogens is 4. The lowest BCUT2D eigenvalue weighted by molar-refractivity contribution is -0.121. The van der Waals surface area contributed by atoms with E-state index in [-0.39, 0.29) is 17.9 Å². The molecule has 0 aliphatic rings. The Labute approximate surface area is 145 Å². The van der Waals surface area contributed by atoms with E-state index in [4.69, 9.17) is 0 Å². The highest BCUT2D eigenvalue weighted by Gasteiger charge is 2.15. The Kier molecular flexibility index (Phi) is 4.65. The zero-order valence-electron chi connectivity index (χ0n) is 14.6. The molecule has 0 unspecified atom stereocenters. The number of carbonyl (C=O) groups excluding carboxylic acids is 1. The van der Waals surface area contributed by atoms with E-state index in [1.165, 1.54) is 0 Å². The first kappa shape index (κ1) is 16.9. The number of nitrogens with one attached hydrogen (secondary N) is 2. The second-order valence-corrected chi connectivity index (χ2v) is 6.13. The van der Waals surface area contributed by atoms with Crippen molar-refractivity contribution in [3.05, 3.63) is 57.3 Å². The maximum absolute atomic E-state index is 12.4. The molecule has 0 atom stereocenters. The van der Waals surface area contributed by atoms with Crippen LogP contribution in [0.25, 0.3) is 11.0 Å². The molecule has 0 spiro atoms. The number of aromatic amines is 1. The highest BCUT2D eigenvalue weighted by molar-refractivity contribution is 5.83. The number of aryl methyl sites for hydroxylation is 3. The molecule has 1 amide bonds. The van der Waals surface area contributed by atoms with Gasteiger partial charge in [0.05, 0.1) is 5.69 Å². The standard InChI is InChI=1S/C18H21N5O2/c1-11-14(18(25)21-17-16(11)12(2)22-23(17)3)6-7-15(24)20-10-13-5-4-8-19-9-13/h4-5,8-9H,6-7,10H2,1-3H3,(H,20,24)(H,21,25). The monoisotopic (exact) mass is 339 g/mol. The summed E-state index contributed by atoms with van der Waals surface area (Å²) < 4.78 is 1.67. The zero-order chi connectivity index (χ0) is 18.0. The van der Waals surface area contributed by atoms with Crippen molar-refractivity contribution in [2.24, 2.45) is 7.05 Å². The molecule has 0 aliphatic carbocycles. The van der Waals surface area contributed by atoms with Gasteiger partial charge in [0.2, 0.25) is 5.91 Å². The average Bonchev–Trinajstić information content (AvgIpc) is 2.87. The minimum atomic E-state index is -0.159. The van der Waals surface area contributed by atoms with E-state index >= 15 is 0 Å². The fraction of sp³-hybridized carbons (Fsp3) is 0.333. The van der Waals surface area contributed by atoms with Gasteiger partial charge in [0.15, 0.2) is 0 Å². The predicted octanol–water partition coefficient (Wildman–Crippen LogP) is 1.52. The van der Waals surface area contributed by atoms with Gasteiger partial charge >= 0.3 is 0 Å². The van der Waals surface area contributed by atoms with Gasteiger partial charge in [0.1, 0.15) is 5.65 Å². The van der Waals surface area contributed by atoms with Crippen LogP contribution in [0, 0.1) is 13.8 Å². The molecule has 130 valence electrons. The minimum Gasteiger partial charge on any atom is -0.352 e. The van der Waals surface area contributed by atoms with Crippen molar-refractivity contribution in [2.45, 2.75) is 33.2 Å². The Morgan fingerprint density at radius 3 is 2.88 bits per heavy atom. The van der Waals surface area contributed by atoms with E-state index in [1.807, 2.05) is 26.0 Å². The molecular weight excluding hydrogens is 318 g/mol. The summed E-state index contributed by atoms with van der Waals surface area (Å²) in [5.41, 5.74) is 3.90. The molecule has 25 heavy (non-hydrogen) atoms. The third-order valence-corrected chi connectivity index (χ3v) is 4.37. The van der Waals surface area contributed by atoms with Crippen molar-refractivity contribution in [3.63, 3.8) is 0 Å². The van der Waals surface area contributed by atoms with Crippen LogP contribution in [0.3, 0.4) is 0 Å². The van der Waals surface area contributed by atoms with Crippen LogP contribution in [0.1, 0.15) is 28.8 Å². The molecule has 0 bridgehead atoms. The summed E-state index contributed by atoms with van der Waals surface area (Å²) >= 11 is 0. The highest BCUT2D eigenvalue weighted by atomic mass is 16.1. The molecule has 0 aliphatic heterocycles. The van der Waals surface area contributed by atoms with Gasteiger partial charge < -0.3 is 10.3 Å². The number of hydrogen-bond acceptors (Lipinski definition) is 4. The molecule has 3 aromatic rings. The second-order valence-electron chi connectivity index (χ2n) is 6.13. The number of pyridine rings is 2. The van der Waals surface area contributed by atoms with Gasteiger partial charge in [0.25, 0.3) is 5.56 Å². The van der Waals surface area contributed by atoms with Gasteiger partial charge in [-0.3, -0.25) is 19.3 Å². The first-order valence-electron chi connectivity index (χ1n) is 8.18. The van der Waals surface area contributed by atoms with Gasteiger partial charge in [0, 0.05) is 43.4 Å². The van der Waals surface area contributed by atoms with Crippen LogP contribution in [-0.2, 0) is 24.8 Å². The Morgan fingerprint density at radius 1 is 1.36 bits per heavy atom. The van der Waals surface area contributed by atoms with E-state index in [2.05, 4.69) is 20.4 Å². The zero-order valence-corrected chi connectivity index (χ0v) is 14.6. The fourth-order valence-corrected chi connectivity index (χ4v) is 3.09. The number of amides is 1. The molecule has 0 radical (unpaired) electrons.